The van der Waals surface area contributed by atoms with Gasteiger partial charge in [0.1, 0.15) is 5.83 Å². The van der Waals surface area contributed by atoms with E-state index < -0.39 is 16.5 Å². The van der Waals surface area contributed by atoms with E-state index in [2.05, 4.69) is 0 Å². The van der Waals surface area contributed by atoms with Crippen molar-refractivity contribution < 1.29 is 17.6 Å². The Kier molecular flexibility index (Phi) is 2.66. The number of rotatable bonds is 1. The Bertz CT molecular complexity index is 130. The summed E-state index contributed by atoms with van der Waals surface area (Å²) in [5, 5.41) is 0. The monoisotopic (exact) mass is 206 g/mol. The van der Waals surface area contributed by atoms with E-state index in [-0.39, 0.29) is 0 Å². The molecule has 54 valence electrons. The predicted molar refractivity (Wildman–Crippen MR) is 28.8 cm³/mol. The second kappa shape index (κ2) is 2.68. The molecule has 0 aliphatic rings. The molecule has 0 aromatic carbocycles. The van der Waals surface area contributed by atoms with Gasteiger partial charge in [0.2, 0.25) is 5.83 Å². The van der Waals surface area contributed by atoms with E-state index in [1.165, 1.54) is 0 Å². The van der Waals surface area contributed by atoms with Crippen LogP contribution in [0.15, 0.2) is 11.7 Å². The van der Waals surface area contributed by atoms with E-state index in [0.717, 1.165) is 0 Å². The minimum Gasteiger partial charge on any atom is -0.209 e. The third kappa shape index (κ3) is 2.84. The van der Waals surface area contributed by atoms with Crippen LogP contribution in [0, 0.1) is 0 Å². The molecule has 0 atom stereocenters. The zero-order valence-corrected chi connectivity index (χ0v) is 5.98. The Labute approximate surface area is 57.7 Å². The van der Waals surface area contributed by atoms with Gasteiger partial charge in [-0.2, -0.15) is 8.78 Å². The van der Waals surface area contributed by atoms with Crippen molar-refractivity contribution in [1.82, 2.24) is 0 Å². The summed E-state index contributed by atoms with van der Waals surface area (Å²) < 4.78 is 46.5. The van der Waals surface area contributed by atoms with Crippen LogP contribution in [0.2, 0.25) is 0 Å². The van der Waals surface area contributed by atoms with Gasteiger partial charge in [-0.1, -0.05) is 0 Å². The summed E-state index contributed by atoms with van der Waals surface area (Å²) >= 11 is 1.64. The quantitative estimate of drug-likeness (QED) is 0.457. The summed E-state index contributed by atoms with van der Waals surface area (Å²) in [5.41, 5.74) is 0. The lowest BCUT2D eigenvalue weighted by Crippen LogP contribution is -2.05. The number of hydrogen-bond acceptors (Lipinski definition) is 0. The van der Waals surface area contributed by atoms with Gasteiger partial charge in [-0.05, 0) is 22.9 Å². The van der Waals surface area contributed by atoms with Gasteiger partial charge in [-0.25, -0.2) is 8.78 Å². The highest BCUT2D eigenvalue weighted by Gasteiger charge is 2.33. The fourth-order valence-corrected chi connectivity index (χ4v) is 0.468. The molecule has 0 heterocycles. The second-order valence-electron chi connectivity index (χ2n) is 1.35. The molecule has 0 radical (unpaired) electrons. The fraction of sp³-hybridized carbons (Fsp3) is 0.500. The summed E-state index contributed by atoms with van der Waals surface area (Å²) in [6.07, 6.45) is 0. The van der Waals surface area contributed by atoms with Crippen molar-refractivity contribution in [3.63, 3.8) is 0 Å². The fourth-order valence-electron chi connectivity index (χ4n) is 0.195. The molecule has 0 saturated heterocycles. The van der Waals surface area contributed by atoms with Gasteiger partial charge in [0.15, 0.2) is 0 Å². The molecule has 0 saturated carbocycles. The normalized spacial score (nSPS) is 15.3. The number of hydrogen-bond donors (Lipinski definition) is 0. The third-order valence-corrected chi connectivity index (χ3v) is 0.899. The highest BCUT2D eigenvalue weighted by molar-refractivity contribution is 9.10. The Balaban J connectivity index is 4.40. The van der Waals surface area contributed by atoms with Gasteiger partial charge in [-0.15, -0.1) is 0 Å². The van der Waals surface area contributed by atoms with Crippen molar-refractivity contribution in [3.8, 4) is 0 Å². The predicted octanol–water partition coefficient (Wildman–Crippen LogP) is 3.14. The molecule has 0 spiro atoms. The van der Waals surface area contributed by atoms with Gasteiger partial charge in [0.05, 0.1) is 0 Å². The van der Waals surface area contributed by atoms with Crippen molar-refractivity contribution in [2.24, 2.45) is 0 Å². The van der Waals surface area contributed by atoms with Crippen molar-refractivity contribution in [1.29, 1.82) is 0 Å². The summed E-state index contributed by atoms with van der Waals surface area (Å²) in [4.78, 5) is -3.87. The standard InChI is InChI=1S/C4H3BrF4/c1-2(6)3(7)4(5,8)9/h1H3. The summed E-state index contributed by atoms with van der Waals surface area (Å²) in [6, 6.07) is 0. The number of halogens is 5. The third-order valence-electron chi connectivity index (χ3n) is 0.551. The first-order valence-electron chi connectivity index (χ1n) is 1.94. The van der Waals surface area contributed by atoms with Crippen molar-refractivity contribution in [2.45, 2.75) is 11.8 Å². The molecular formula is C4H3BrF4. The Hall–Kier alpha value is -0.0600. The maximum atomic E-state index is 11.7. The maximum absolute atomic E-state index is 11.7. The lowest BCUT2D eigenvalue weighted by molar-refractivity contribution is 0.122. The molecular weight excluding hydrogens is 204 g/mol. The zero-order chi connectivity index (χ0) is 7.65. The maximum Gasteiger partial charge on any atom is 0.354 e. The SMILES string of the molecule is CC(F)=C(F)C(F)(F)Br. The number of alkyl halides is 3. The smallest absolute Gasteiger partial charge is 0.209 e. The molecule has 0 rings (SSSR count). The lowest BCUT2D eigenvalue weighted by Gasteiger charge is -2.03. The first-order chi connectivity index (χ1) is 3.85. The van der Waals surface area contributed by atoms with Crippen molar-refractivity contribution in [2.75, 3.05) is 0 Å². The van der Waals surface area contributed by atoms with Gasteiger partial charge >= 0.3 is 4.83 Å². The molecule has 0 aromatic rings. The molecule has 9 heavy (non-hydrogen) atoms. The second-order valence-corrected chi connectivity index (χ2v) is 2.34. The van der Waals surface area contributed by atoms with Gasteiger partial charge in [-0.3, -0.25) is 0 Å². The van der Waals surface area contributed by atoms with Crippen LogP contribution in [0.3, 0.4) is 0 Å². The topological polar surface area (TPSA) is 0 Å². The van der Waals surface area contributed by atoms with Crippen molar-refractivity contribution in [3.05, 3.63) is 11.7 Å². The average Bonchev–Trinajstić information content (AvgIpc) is 1.62. The minimum absolute atomic E-state index is 0.616. The van der Waals surface area contributed by atoms with E-state index in [4.69, 9.17) is 0 Å². The largest absolute Gasteiger partial charge is 0.354 e. The summed E-state index contributed by atoms with van der Waals surface area (Å²) in [7, 11) is 0. The Morgan fingerprint density at radius 3 is 1.67 bits per heavy atom. The molecule has 0 N–H and O–H groups in total. The van der Waals surface area contributed by atoms with E-state index in [9.17, 15) is 17.6 Å². The molecule has 0 amide bonds. The van der Waals surface area contributed by atoms with Gasteiger partial charge in [0, 0.05) is 0 Å². The first-order valence-corrected chi connectivity index (χ1v) is 2.74. The lowest BCUT2D eigenvalue weighted by atomic mass is 10.5. The molecule has 0 aliphatic carbocycles. The Morgan fingerprint density at radius 2 is 1.67 bits per heavy atom. The van der Waals surface area contributed by atoms with Gasteiger partial charge in [0.25, 0.3) is 0 Å². The van der Waals surface area contributed by atoms with Crippen LogP contribution in [-0.2, 0) is 0 Å². The van der Waals surface area contributed by atoms with Crippen LogP contribution >= 0.6 is 15.9 Å². The highest BCUT2D eigenvalue weighted by Crippen LogP contribution is 2.33. The molecule has 0 aliphatic heterocycles. The summed E-state index contributed by atoms with van der Waals surface area (Å²) in [6.45, 7) is 0.616. The van der Waals surface area contributed by atoms with Crippen LogP contribution in [-0.4, -0.2) is 4.83 Å². The van der Waals surface area contributed by atoms with Crippen LogP contribution < -0.4 is 0 Å². The molecule has 0 fully saturated rings. The van der Waals surface area contributed by atoms with E-state index in [0.29, 0.717) is 6.92 Å². The van der Waals surface area contributed by atoms with E-state index in [1.54, 1.807) is 15.9 Å². The zero-order valence-electron chi connectivity index (χ0n) is 4.39. The highest BCUT2D eigenvalue weighted by atomic mass is 79.9. The van der Waals surface area contributed by atoms with Crippen LogP contribution in [0.25, 0.3) is 0 Å². The van der Waals surface area contributed by atoms with Gasteiger partial charge < -0.3 is 0 Å². The first kappa shape index (κ1) is 8.94. The molecule has 0 aromatic heterocycles. The van der Waals surface area contributed by atoms with E-state index in [1.807, 2.05) is 0 Å². The average molecular weight is 207 g/mol. The molecule has 0 unspecified atom stereocenters. The number of allylic oxidation sites excluding steroid dienone is 2. The molecule has 0 bridgehead atoms. The molecule has 0 nitrogen and oxygen atoms in total. The molecule has 5 heteroatoms. The van der Waals surface area contributed by atoms with Crippen LogP contribution in [0.5, 0.6) is 0 Å². The summed E-state index contributed by atoms with van der Waals surface area (Å²) in [5.74, 6) is -3.60. The Morgan fingerprint density at radius 1 is 1.33 bits per heavy atom. The minimum atomic E-state index is -3.87. The van der Waals surface area contributed by atoms with Crippen LogP contribution in [0.1, 0.15) is 6.92 Å². The van der Waals surface area contributed by atoms with Crippen LogP contribution in [0.4, 0.5) is 17.6 Å². The van der Waals surface area contributed by atoms with Crippen molar-refractivity contribution >= 4 is 15.9 Å². The van der Waals surface area contributed by atoms with E-state index >= 15 is 0 Å².